The van der Waals surface area contributed by atoms with E-state index in [1.165, 1.54) is 15.9 Å². The number of benzene rings is 1. The molecule has 0 saturated heterocycles. The summed E-state index contributed by atoms with van der Waals surface area (Å²) in [4.78, 5) is 4.85. The first kappa shape index (κ1) is 16.9. The molecule has 128 valence electrons. The van der Waals surface area contributed by atoms with Crippen molar-refractivity contribution < 1.29 is 13.2 Å². The highest BCUT2D eigenvalue weighted by atomic mass is 32.2. The molecule has 0 aliphatic carbocycles. The van der Waals surface area contributed by atoms with E-state index in [0.717, 1.165) is 16.3 Å². The molecule has 2 heterocycles. The lowest BCUT2D eigenvalue weighted by molar-refractivity contribution is 0.340. The smallest absolute Gasteiger partial charge is 0.260 e. The maximum atomic E-state index is 12.6. The van der Waals surface area contributed by atoms with Crippen molar-refractivity contribution in [1.82, 2.24) is 19.3 Å². The molecule has 0 fully saturated rings. The number of fused-ring (bicyclic) bond motifs is 1. The molecule has 0 radical (unpaired) electrons. The molecule has 9 heteroatoms. The Hall–Kier alpha value is -1.97. The van der Waals surface area contributed by atoms with Gasteiger partial charge in [0.1, 0.15) is 10.8 Å². The monoisotopic (exact) mass is 366 g/mol. The fraction of sp³-hybridized carbons (Fsp3) is 0.333. The molecule has 1 aromatic carbocycles. The van der Waals surface area contributed by atoms with Crippen LogP contribution >= 0.6 is 11.3 Å². The van der Waals surface area contributed by atoms with Crippen LogP contribution in [-0.4, -0.2) is 29.6 Å². The molecule has 0 unspecified atom stereocenters. The van der Waals surface area contributed by atoms with Gasteiger partial charge in [-0.3, -0.25) is 0 Å². The van der Waals surface area contributed by atoms with Gasteiger partial charge < -0.3 is 4.74 Å². The van der Waals surface area contributed by atoms with Crippen LogP contribution in [0, 0.1) is 13.8 Å². The minimum atomic E-state index is -3.72. The molecule has 0 spiro atoms. The molecular formula is C15H18N4O3S2. The van der Waals surface area contributed by atoms with E-state index >= 15 is 0 Å². The van der Waals surface area contributed by atoms with Crippen LogP contribution in [0.15, 0.2) is 29.3 Å². The van der Waals surface area contributed by atoms with E-state index in [-0.39, 0.29) is 11.6 Å². The largest absolute Gasteiger partial charge is 0.494 e. The topological polar surface area (TPSA) is 85.6 Å². The van der Waals surface area contributed by atoms with Gasteiger partial charge >= 0.3 is 0 Å². The molecule has 0 saturated carbocycles. The quantitative estimate of drug-likeness (QED) is 0.723. The molecule has 7 nitrogen and oxygen atoms in total. The number of rotatable bonds is 6. The van der Waals surface area contributed by atoms with Gasteiger partial charge in [0.2, 0.25) is 4.96 Å². The van der Waals surface area contributed by atoms with E-state index < -0.39 is 10.0 Å². The number of sulfonamides is 1. The lowest BCUT2D eigenvalue weighted by Gasteiger charge is -2.08. The third-order valence-electron chi connectivity index (χ3n) is 3.38. The fourth-order valence-electron chi connectivity index (χ4n) is 2.35. The summed E-state index contributed by atoms with van der Waals surface area (Å²) in [5.74, 6) is 0.760. The van der Waals surface area contributed by atoms with Gasteiger partial charge in [-0.1, -0.05) is 23.5 Å². The zero-order valence-electron chi connectivity index (χ0n) is 13.6. The maximum absolute atomic E-state index is 12.6. The molecule has 3 rings (SSSR count). The Morgan fingerprint density at radius 3 is 2.62 bits per heavy atom. The Kier molecular flexibility index (Phi) is 4.57. The maximum Gasteiger partial charge on any atom is 0.260 e. The SMILES string of the molecule is CCOc1ccc(CNS(=O)(=O)c2c(C)nc3sc(C)nn23)cc1. The van der Waals surface area contributed by atoms with Gasteiger partial charge in [0, 0.05) is 6.54 Å². The highest BCUT2D eigenvalue weighted by Crippen LogP contribution is 2.22. The van der Waals surface area contributed by atoms with E-state index in [0.29, 0.717) is 17.3 Å². The van der Waals surface area contributed by atoms with Crippen molar-refractivity contribution in [3.05, 3.63) is 40.5 Å². The Balaban J connectivity index is 1.81. The lowest BCUT2D eigenvalue weighted by Crippen LogP contribution is -2.25. The van der Waals surface area contributed by atoms with Crippen molar-refractivity contribution in [1.29, 1.82) is 0 Å². The predicted octanol–water partition coefficient (Wildman–Crippen LogP) is 2.28. The van der Waals surface area contributed by atoms with E-state index in [1.807, 2.05) is 38.1 Å². The van der Waals surface area contributed by atoms with Crippen molar-refractivity contribution in [3.63, 3.8) is 0 Å². The predicted molar refractivity (Wildman–Crippen MR) is 92.0 cm³/mol. The number of nitrogens with one attached hydrogen (secondary N) is 1. The van der Waals surface area contributed by atoms with E-state index in [4.69, 9.17) is 4.74 Å². The summed E-state index contributed by atoms with van der Waals surface area (Å²) in [6.45, 7) is 6.18. The number of nitrogens with zero attached hydrogens (tertiary/aromatic N) is 3. The Bertz CT molecular complexity index is 959. The van der Waals surface area contributed by atoms with Crippen LogP contribution in [0.3, 0.4) is 0 Å². The highest BCUT2D eigenvalue weighted by molar-refractivity contribution is 7.89. The summed E-state index contributed by atoms with van der Waals surface area (Å²) < 4.78 is 34.7. The first-order valence-electron chi connectivity index (χ1n) is 7.45. The number of hydrogen-bond acceptors (Lipinski definition) is 6. The molecule has 0 amide bonds. The van der Waals surface area contributed by atoms with Gasteiger partial charge in [0.25, 0.3) is 10.0 Å². The van der Waals surface area contributed by atoms with Crippen molar-refractivity contribution in [2.45, 2.75) is 32.3 Å². The Labute approximate surface area is 144 Å². The van der Waals surface area contributed by atoms with E-state index in [9.17, 15) is 8.42 Å². The summed E-state index contributed by atoms with van der Waals surface area (Å²) >= 11 is 1.36. The van der Waals surface area contributed by atoms with Crippen LogP contribution in [0.4, 0.5) is 0 Å². The van der Waals surface area contributed by atoms with Gasteiger partial charge in [-0.05, 0) is 38.5 Å². The van der Waals surface area contributed by atoms with Crippen LogP contribution in [0.2, 0.25) is 0 Å². The molecular weight excluding hydrogens is 348 g/mol. The average Bonchev–Trinajstić information content (AvgIpc) is 3.01. The number of hydrogen-bond donors (Lipinski definition) is 1. The molecule has 0 atom stereocenters. The summed E-state index contributed by atoms with van der Waals surface area (Å²) in [7, 11) is -3.72. The normalized spacial score (nSPS) is 12.0. The molecule has 0 aliphatic heterocycles. The standard InChI is InChI=1S/C15H18N4O3S2/c1-4-22-13-7-5-12(6-8-13)9-16-24(20,21)14-10(2)17-15-19(14)18-11(3)23-15/h5-8,16H,4,9H2,1-3H3. The Morgan fingerprint density at radius 1 is 1.25 bits per heavy atom. The van der Waals surface area contributed by atoms with Crippen LogP contribution in [0.25, 0.3) is 4.96 Å². The third-order valence-corrected chi connectivity index (χ3v) is 5.71. The number of ether oxygens (including phenoxy) is 1. The fourth-order valence-corrected chi connectivity index (χ4v) is 4.48. The van der Waals surface area contributed by atoms with Crippen molar-refractivity contribution in [3.8, 4) is 5.75 Å². The lowest BCUT2D eigenvalue weighted by atomic mass is 10.2. The summed E-state index contributed by atoms with van der Waals surface area (Å²) in [5.41, 5.74) is 1.28. The first-order chi connectivity index (χ1) is 11.4. The van der Waals surface area contributed by atoms with Crippen LogP contribution in [0.5, 0.6) is 5.75 Å². The average molecular weight is 366 g/mol. The molecule has 24 heavy (non-hydrogen) atoms. The van der Waals surface area contributed by atoms with Gasteiger partial charge in [0.15, 0.2) is 5.03 Å². The summed E-state index contributed by atoms with van der Waals surface area (Å²) in [5, 5.41) is 5.08. The second-order valence-corrected chi connectivity index (χ2v) is 8.06. The molecule has 2 aromatic heterocycles. The van der Waals surface area contributed by atoms with Gasteiger partial charge in [-0.15, -0.1) is 0 Å². The second kappa shape index (κ2) is 6.50. The van der Waals surface area contributed by atoms with Crippen LogP contribution < -0.4 is 9.46 Å². The van der Waals surface area contributed by atoms with Crippen LogP contribution in [-0.2, 0) is 16.6 Å². The highest BCUT2D eigenvalue weighted by Gasteiger charge is 2.25. The summed E-state index contributed by atoms with van der Waals surface area (Å²) in [6.07, 6.45) is 0. The number of aryl methyl sites for hydroxylation is 2. The van der Waals surface area contributed by atoms with Crippen molar-refractivity contribution in [2.75, 3.05) is 6.61 Å². The van der Waals surface area contributed by atoms with Gasteiger partial charge in [0.05, 0.1) is 12.3 Å². The van der Waals surface area contributed by atoms with Gasteiger partial charge in [-0.25, -0.2) is 18.1 Å². The van der Waals surface area contributed by atoms with Crippen molar-refractivity contribution in [2.24, 2.45) is 0 Å². The first-order valence-corrected chi connectivity index (χ1v) is 9.75. The number of imidazole rings is 1. The molecule has 1 N–H and O–H groups in total. The minimum Gasteiger partial charge on any atom is -0.494 e. The number of aromatic nitrogens is 3. The molecule has 0 bridgehead atoms. The zero-order chi connectivity index (χ0) is 17.3. The van der Waals surface area contributed by atoms with E-state index in [2.05, 4.69) is 14.8 Å². The zero-order valence-corrected chi connectivity index (χ0v) is 15.2. The van der Waals surface area contributed by atoms with Crippen molar-refractivity contribution >= 4 is 26.3 Å². The third kappa shape index (κ3) is 3.28. The molecule has 3 aromatic rings. The van der Waals surface area contributed by atoms with E-state index in [1.54, 1.807) is 6.92 Å². The summed E-state index contributed by atoms with van der Waals surface area (Å²) in [6, 6.07) is 7.30. The van der Waals surface area contributed by atoms with Gasteiger partial charge in [-0.2, -0.15) is 9.61 Å². The second-order valence-electron chi connectivity index (χ2n) is 5.22. The minimum absolute atomic E-state index is 0.0905. The van der Waals surface area contributed by atoms with Crippen LogP contribution in [0.1, 0.15) is 23.2 Å². The Morgan fingerprint density at radius 2 is 1.96 bits per heavy atom. The molecule has 0 aliphatic rings.